The quantitative estimate of drug-likeness (QED) is 0.810. The molecule has 0 bridgehead atoms. The molecule has 0 saturated carbocycles. The molecule has 12 heteroatoms. The molecule has 2 aromatic rings. The topological polar surface area (TPSA) is 76.5 Å². The molecule has 0 spiro atoms. The molecule has 0 radical (unpaired) electrons. The van der Waals surface area contributed by atoms with Crippen LogP contribution in [-0.2, 0) is 17.1 Å². The Hall–Kier alpha value is -1.82. The Morgan fingerprint density at radius 1 is 1.33 bits per heavy atom. The van der Waals surface area contributed by atoms with Crippen LogP contribution in [0.15, 0.2) is 41.6 Å². The highest BCUT2D eigenvalue weighted by Gasteiger charge is 2.37. The number of benzene rings is 1. The Labute approximate surface area is 160 Å². The minimum atomic E-state index is -4.90. The van der Waals surface area contributed by atoms with Gasteiger partial charge in [-0.25, -0.2) is 13.4 Å². The number of nitrogens with zero attached hydrogens (tertiary/aromatic N) is 3. The fraction of sp³-hybridized carbons (Fsp3) is 0.400. The lowest BCUT2D eigenvalue weighted by molar-refractivity contribution is -0.274. The lowest BCUT2D eigenvalue weighted by Gasteiger charge is -2.34. The number of imidazole rings is 1. The summed E-state index contributed by atoms with van der Waals surface area (Å²) < 4.78 is 70.1. The molecule has 1 fully saturated rings. The number of ether oxygens (including phenoxy) is 1. The van der Waals surface area contributed by atoms with E-state index in [0.717, 1.165) is 12.1 Å². The van der Waals surface area contributed by atoms with Crippen LogP contribution in [0.2, 0.25) is 0 Å². The van der Waals surface area contributed by atoms with Gasteiger partial charge in [0.1, 0.15) is 11.6 Å². The third kappa shape index (κ3) is 4.72. The summed E-state index contributed by atoms with van der Waals surface area (Å²) in [6.45, 7) is 0.950. The molecule has 27 heavy (non-hydrogen) atoms. The molecule has 1 aromatic carbocycles. The first-order valence-electron chi connectivity index (χ1n) is 7.74. The van der Waals surface area contributed by atoms with Gasteiger partial charge < -0.3 is 14.6 Å². The number of sulfonamides is 1. The number of aromatic nitrogens is 2. The van der Waals surface area contributed by atoms with E-state index >= 15 is 0 Å². The Morgan fingerprint density at radius 3 is 2.70 bits per heavy atom. The maximum Gasteiger partial charge on any atom is 0.573 e. The van der Waals surface area contributed by atoms with Gasteiger partial charge in [0.05, 0.1) is 10.9 Å². The Balaban J connectivity index is 0.00000261. The van der Waals surface area contributed by atoms with Gasteiger partial charge in [0, 0.05) is 45.1 Å². The van der Waals surface area contributed by atoms with Crippen LogP contribution in [0, 0.1) is 0 Å². The number of hydrogen-bond donors (Lipinski definition) is 1. The number of alkyl halides is 3. The molecule has 0 amide bonds. The molecule has 3 rings (SSSR count). The molecule has 150 valence electrons. The number of aryl methyl sites for hydroxylation is 1. The van der Waals surface area contributed by atoms with Gasteiger partial charge in [-0.15, -0.1) is 25.6 Å². The van der Waals surface area contributed by atoms with Crippen molar-refractivity contribution in [2.75, 3.05) is 19.6 Å². The second-order valence-electron chi connectivity index (χ2n) is 5.75. The zero-order valence-electron chi connectivity index (χ0n) is 14.2. The molecule has 1 unspecified atom stereocenters. The molecule has 1 N–H and O–H groups in total. The van der Waals surface area contributed by atoms with Gasteiger partial charge in [-0.3, -0.25) is 0 Å². The molecule has 2 heterocycles. The number of halogens is 4. The largest absolute Gasteiger partial charge is 0.573 e. The first-order chi connectivity index (χ1) is 12.2. The fourth-order valence-electron chi connectivity index (χ4n) is 2.86. The Bertz CT molecular complexity index is 888. The standard InChI is InChI=1S/C15H17F3N4O3S.ClH/c1-21-7-6-20-14(21)13-10-19-5-8-22(13)26(23,24)12-4-2-3-11(9-12)25-15(16,17)18;/h2-4,6-7,9,13,19H,5,8,10H2,1H3;1H. The normalized spacial score (nSPS) is 18.7. The monoisotopic (exact) mass is 426 g/mol. The van der Waals surface area contributed by atoms with Crippen LogP contribution < -0.4 is 10.1 Å². The van der Waals surface area contributed by atoms with Gasteiger partial charge in [-0.2, -0.15) is 4.31 Å². The number of rotatable bonds is 4. The van der Waals surface area contributed by atoms with Crippen molar-refractivity contribution in [3.63, 3.8) is 0 Å². The first kappa shape index (κ1) is 21.5. The zero-order chi connectivity index (χ0) is 18.9. The molecule has 1 saturated heterocycles. The van der Waals surface area contributed by atoms with Gasteiger partial charge in [-0.1, -0.05) is 6.07 Å². The number of nitrogens with one attached hydrogen (secondary N) is 1. The van der Waals surface area contributed by atoms with Gasteiger partial charge in [0.2, 0.25) is 10.0 Å². The van der Waals surface area contributed by atoms with Crippen molar-refractivity contribution in [1.82, 2.24) is 19.2 Å². The van der Waals surface area contributed by atoms with E-state index in [-0.39, 0.29) is 23.8 Å². The summed E-state index contributed by atoms with van der Waals surface area (Å²) in [6, 6.07) is 3.82. The minimum Gasteiger partial charge on any atom is -0.406 e. The highest BCUT2D eigenvalue weighted by atomic mass is 35.5. The lowest BCUT2D eigenvalue weighted by atomic mass is 10.2. The van der Waals surface area contributed by atoms with E-state index in [1.165, 1.54) is 16.4 Å². The van der Waals surface area contributed by atoms with Crippen LogP contribution in [-0.4, -0.2) is 48.3 Å². The molecule has 1 aliphatic heterocycles. The van der Waals surface area contributed by atoms with Crippen LogP contribution in [0.3, 0.4) is 0 Å². The second-order valence-corrected chi connectivity index (χ2v) is 7.65. The average Bonchev–Trinajstić information content (AvgIpc) is 2.99. The maximum atomic E-state index is 13.0. The molecule has 7 nitrogen and oxygen atoms in total. The summed E-state index contributed by atoms with van der Waals surface area (Å²) in [7, 11) is -2.29. The third-order valence-corrected chi connectivity index (χ3v) is 5.90. The summed E-state index contributed by atoms with van der Waals surface area (Å²) in [5.41, 5.74) is 0. The van der Waals surface area contributed by atoms with Crippen molar-refractivity contribution >= 4 is 22.4 Å². The Kier molecular flexibility index (Phi) is 6.40. The summed E-state index contributed by atoms with van der Waals surface area (Å²) in [5.74, 6) is -0.0364. The van der Waals surface area contributed by atoms with Crippen LogP contribution in [0.25, 0.3) is 0 Å². The van der Waals surface area contributed by atoms with E-state index in [4.69, 9.17) is 0 Å². The fourth-order valence-corrected chi connectivity index (χ4v) is 4.48. The number of piperazine rings is 1. The SMILES string of the molecule is Cl.Cn1ccnc1C1CNCCN1S(=O)(=O)c1cccc(OC(F)(F)F)c1. The van der Waals surface area contributed by atoms with E-state index < -0.39 is 28.2 Å². The van der Waals surface area contributed by atoms with Gasteiger partial charge in [0.15, 0.2) is 0 Å². The highest BCUT2D eigenvalue weighted by molar-refractivity contribution is 7.89. The van der Waals surface area contributed by atoms with E-state index in [2.05, 4.69) is 15.0 Å². The summed E-state index contributed by atoms with van der Waals surface area (Å²) >= 11 is 0. The van der Waals surface area contributed by atoms with Crippen LogP contribution in [0.4, 0.5) is 13.2 Å². The van der Waals surface area contributed by atoms with Crippen molar-refractivity contribution in [1.29, 1.82) is 0 Å². The Morgan fingerprint density at radius 2 is 2.07 bits per heavy atom. The van der Waals surface area contributed by atoms with Crippen molar-refractivity contribution in [3.8, 4) is 5.75 Å². The first-order valence-corrected chi connectivity index (χ1v) is 9.18. The second kappa shape index (κ2) is 8.05. The van der Waals surface area contributed by atoms with E-state index in [9.17, 15) is 21.6 Å². The smallest absolute Gasteiger partial charge is 0.406 e. The van der Waals surface area contributed by atoms with Gasteiger partial charge in [0.25, 0.3) is 0 Å². The average molecular weight is 427 g/mol. The van der Waals surface area contributed by atoms with E-state index in [1.807, 2.05) is 0 Å². The van der Waals surface area contributed by atoms with Gasteiger partial charge in [-0.05, 0) is 12.1 Å². The highest BCUT2D eigenvalue weighted by Crippen LogP contribution is 2.30. The predicted octanol–water partition coefficient (Wildman–Crippen LogP) is 2.08. The number of hydrogen-bond acceptors (Lipinski definition) is 5. The molecule has 1 aliphatic rings. The van der Waals surface area contributed by atoms with E-state index in [1.54, 1.807) is 24.0 Å². The van der Waals surface area contributed by atoms with Crippen molar-refractivity contribution in [2.45, 2.75) is 17.3 Å². The van der Waals surface area contributed by atoms with Crippen molar-refractivity contribution in [3.05, 3.63) is 42.5 Å². The molecule has 0 aliphatic carbocycles. The molecular formula is C15H18ClF3N4O3S. The summed E-state index contributed by atoms with van der Waals surface area (Å²) in [6.07, 6.45) is -1.63. The molecule has 1 aromatic heterocycles. The minimum absolute atomic E-state index is 0. The van der Waals surface area contributed by atoms with Crippen molar-refractivity contribution in [2.24, 2.45) is 7.05 Å². The molecule has 1 atom stereocenters. The van der Waals surface area contributed by atoms with Crippen LogP contribution in [0.5, 0.6) is 5.75 Å². The van der Waals surface area contributed by atoms with Gasteiger partial charge >= 0.3 is 6.36 Å². The lowest BCUT2D eigenvalue weighted by Crippen LogP contribution is -2.49. The molecular weight excluding hydrogens is 409 g/mol. The predicted molar refractivity (Wildman–Crippen MR) is 93.1 cm³/mol. The zero-order valence-corrected chi connectivity index (χ0v) is 15.8. The van der Waals surface area contributed by atoms with Crippen LogP contribution in [0.1, 0.15) is 11.9 Å². The third-order valence-electron chi connectivity index (χ3n) is 4.00. The van der Waals surface area contributed by atoms with E-state index in [0.29, 0.717) is 18.9 Å². The summed E-state index contributed by atoms with van der Waals surface area (Å²) in [5, 5.41) is 3.11. The summed E-state index contributed by atoms with van der Waals surface area (Å²) in [4.78, 5) is 3.94. The van der Waals surface area contributed by atoms with Crippen LogP contribution >= 0.6 is 12.4 Å². The van der Waals surface area contributed by atoms with Crippen molar-refractivity contribution < 1.29 is 26.3 Å². The maximum absolute atomic E-state index is 13.0.